The van der Waals surface area contributed by atoms with E-state index in [1.807, 2.05) is 0 Å². The number of unbranched alkanes of at least 4 members (excludes halogenated alkanes) is 3. The molecule has 37 heavy (non-hydrogen) atoms. The molecule has 0 radical (unpaired) electrons. The van der Waals surface area contributed by atoms with Crippen LogP contribution >= 0.6 is 23.2 Å². The molecule has 0 bridgehead atoms. The van der Waals surface area contributed by atoms with E-state index in [0.717, 1.165) is 73.3 Å². The summed E-state index contributed by atoms with van der Waals surface area (Å²) < 4.78 is 7.67. The molecular weight excluding hydrogens is 512 g/mol. The smallest absolute Gasteiger partial charge is 0.423 e. The van der Waals surface area contributed by atoms with Crippen molar-refractivity contribution in [1.29, 1.82) is 0 Å². The van der Waals surface area contributed by atoms with Gasteiger partial charge in [-0.1, -0.05) is 37.1 Å². The monoisotopic (exact) mass is 547 g/mol. The molecule has 0 aliphatic rings. The number of nitrogens with zero attached hydrogens (tertiary/aromatic N) is 3. The van der Waals surface area contributed by atoms with Crippen molar-refractivity contribution in [1.82, 2.24) is 9.55 Å². The van der Waals surface area contributed by atoms with Gasteiger partial charge in [-0.2, -0.15) is 0 Å². The molecular formula is C27H36BCl2N3O4. The minimum atomic E-state index is -1.48. The van der Waals surface area contributed by atoms with Gasteiger partial charge in [0, 0.05) is 50.4 Å². The zero-order valence-electron chi connectivity index (χ0n) is 21.4. The number of ketones is 1. The summed E-state index contributed by atoms with van der Waals surface area (Å²) in [4.78, 5) is 19.2. The Hall–Kier alpha value is -2.10. The van der Waals surface area contributed by atoms with Crippen LogP contribution < -0.4 is 10.4 Å². The molecule has 0 unspecified atom stereocenters. The third kappa shape index (κ3) is 9.01. The van der Waals surface area contributed by atoms with E-state index >= 15 is 0 Å². The summed E-state index contributed by atoms with van der Waals surface area (Å²) >= 11 is 11.9. The molecule has 0 atom stereocenters. The number of ether oxygens (including phenoxy) is 1. The molecule has 0 fully saturated rings. The van der Waals surface area contributed by atoms with Gasteiger partial charge in [-0.3, -0.25) is 4.79 Å². The number of hydrogen-bond acceptors (Lipinski definition) is 6. The Balaban J connectivity index is 1.35. The first-order valence-electron chi connectivity index (χ1n) is 12.8. The molecule has 2 aromatic carbocycles. The van der Waals surface area contributed by atoms with E-state index in [9.17, 15) is 4.79 Å². The van der Waals surface area contributed by atoms with Gasteiger partial charge in [0.1, 0.15) is 12.4 Å². The van der Waals surface area contributed by atoms with Gasteiger partial charge in [-0.05, 0) is 42.1 Å². The summed E-state index contributed by atoms with van der Waals surface area (Å²) in [5.41, 5.74) is 4.50. The van der Waals surface area contributed by atoms with Crippen LogP contribution in [0.3, 0.4) is 0 Å². The fourth-order valence-corrected chi connectivity index (χ4v) is 4.74. The highest BCUT2D eigenvalue weighted by Gasteiger charge is 2.12. The van der Waals surface area contributed by atoms with Crippen molar-refractivity contribution in [3.8, 4) is 0 Å². The number of aromatic nitrogens is 2. The lowest BCUT2D eigenvalue weighted by molar-refractivity contribution is -0.124. The van der Waals surface area contributed by atoms with Gasteiger partial charge < -0.3 is 24.3 Å². The van der Waals surface area contributed by atoms with E-state index in [1.54, 1.807) is 24.3 Å². The number of rotatable bonds is 17. The van der Waals surface area contributed by atoms with Crippen LogP contribution in [-0.4, -0.2) is 64.0 Å². The molecule has 0 aliphatic heterocycles. The lowest BCUT2D eigenvalue weighted by Crippen LogP contribution is -2.29. The molecule has 1 heterocycles. The maximum absolute atomic E-state index is 12.1. The van der Waals surface area contributed by atoms with Crippen LogP contribution in [0.15, 0.2) is 42.5 Å². The minimum Gasteiger partial charge on any atom is -0.423 e. The predicted octanol–water partition coefficient (Wildman–Crippen LogP) is 3.82. The maximum atomic E-state index is 12.1. The van der Waals surface area contributed by atoms with Crippen LogP contribution in [0.5, 0.6) is 0 Å². The Morgan fingerprint density at radius 3 is 2.41 bits per heavy atom. The average Bonchev–Trinajstić information content (AvgIpc) is 3.20. The molecule has 200 valence electrons. The van der Waals surface area contributed by atoms with Crippen LogP contribution in [0, 0.1) is 0 Å². The first-order chi connectivity index (χ1) is 17.9. The summed E-state index contributed by atoms with van der Waals surface area (Å²) in [5, 5.41) is 18.2. The quantitative estimate of drug-likeness (QED) is 0.152. The second-order valence-electron chi connectivity index (χ2n) is 9.19. The lowest BCUT2D eigenvalue weighted by atomic mass is 9.80. The molecule has 2 N–H and O–H groups in total. The second kappa shape index (κ2) is 15.3. The third-order valence-electron chi connectivity index (χ3n) is 6.45. The largest absolute Gasteiger partial charge is 0.488 e. The van der Waals surface area contributed by atoms with Crippen molar-refractivity contribution in [2.24, 2.45) is 7.05 Å². The summed E-state index contributed by atoms with van der Waals surface area (Å²) in [5.74, 6) is 2.27. The molecule has 1 aromatic heterocycles. The molecule has 0 saturated heterocycles. The topological polar surface area (TPSA) is 87.8 Å². The fraction of sp³-hybridized carbons (Fsp3) is 0.481. The van der Waals surface area contributed by atoms with Crippen molar-refractivity contribution in [3.63, 3.8) is 0 Å². The van der Waals surface area contributed by atoms with Gasteiger partial charge in [0.05, 0.1) is 17.6 Å². The van der Waals surface area contributed by atoms with Gasteiger partial charge in [0.15, 0.2) is 5.78 Å². The van der Waals surface area contributed by atoms with Gasteiger partial charge in [-0.15, -0.1) is 23.2 Å². The van der Waals surface area contributed by atoms with Crippen molar-refractivity contribution in [3.05, 3.63) is 53.9 Å². The number of Topliss-reactive ketones (excluding diaryl/α,β-unsaturated/α-hetero) is 1. The number of hydrogen-bond donors (Lipinski definition) is 2. The Kier molecular flexibility index (Phi) is 12.2. The van der Waals surface area contributed by atoms with Gasteiger partial charge in [0.25, 0.3) is 0 Å². The molecule has 0 aliphatic carbocycles. The SMILES string of the molecule is Cn1c(CCCCCCC(=O)COCc2ccc(B(O)O)cc2)nc2cc(N(CCCl)CCCl)ccc21. The number of aryl methyl sites for hydroxylation is 2. The highest BCUT2D eigenvalue weighted by atomic mass is 35.5. The van der Waals surface area contributed by atoms with E-state index in [1.165, 1.54) is 0 Å². The first kappa shape index (κ1) is 29.5. The van der Waals surface area contributed by atoms with E-state index in [4.69, 9.17) is 43.0 Å². The number of benzene rings is 2. The number of alkyl halides is 2. The Morgan fingerprint density at radius 1 is 1.03 bits per heavy atom. The summed E-state index contributed by atoms with van der Waals surface area (Å²) in [6.45, 7) is 1.92. The third-order valence-corrected chi connectivity index (χ3v) is 6.78. The Bertz CT molecular complexity index is 1120. The minimum absolute atomic E-state index is 0.0967. The molecule has 0 spiro atoms. The van der Waals surface area contributed by atoms with E-state index in [0.29, 0.717) is 30.3 Å². The van der Waals surface area contributed by atoms with Gasteiger partial charge in [0.2, 0.25) is 0 Å². The maximum Gasteiger partial charge on any atom is 0.488 e. The summed E-state index contributed by atoms with van der Waals surface area (Å²) in [6, 6.07) is 13.1. The standard InChI is InChI=1S/C27H36BCl2N3O4/c1-32-26-13-12-23(33(16-14-29)17-15-30)18-25(26)31-27(32)7-5-3-2-4-6-24(34)20-37-19-21-8-10-22(11-9-21)28(35)36/h8-13,18,35-36H,2-7,14-17,19-20H2,1H3. The van der Waals surface area contributed by atoms with E-state index in [-0.39, 0.29) is 12.4 Å². The fourth-order valence-electron chi connectivity index (χ4n) is 4.33. The Labute approximate surface area is 229 Å². The van der Waals surface area contributed by atoms with Gasteiger partial charge in [-0.25, -0.2) is 4.98 Å². The van der Waals surface area contributed by atoms with Crippen molar-refractivity contribution < 1.29 is 19.6 Å². The lowest BCUT2D eigenvalue weighted by Gasteiger charge is -2.22. The average molecular weight is 548 g/mol. The highest BCUT2D eigenvalue weighted by Crippen LogP contribution is 2.23. The molecule has 0 amide bonds. The summed E-state index contributed by atoms with van der Waals surface area (Å²) in [7, 11) is 0.579. The first-order valence-corrected chi connectivity index (χ1v) is 13.9. The molecule has 3 rings (SSSR count). The van der Waals surface area contributed by atoms with Crippen LogP contribution in [0.4, 0.5) is 5.69 Å². The number of carbonyl (C=O) groups excluding carboxylic acids is 1. The van der Waals surface area contributed by atoms with Crippen LogP contribution in [-0.2, 0) is 29.6 Å². The molecule has 0 saturated carbocycles. The van der Waals surface area contributed by atoms with Crippen molar-refractivity contribution in [2.75, 3.05) is 36.4 Å². The number of fused-ring (bicyclic) bond motifs is 1. The van der Waals surface area contributed by atoms with E-state index in [2.05, 4.69) is 34.7 Å². The number of anilines is 1. The summed E-state index contributed by atoms with van der Waals surface area (Å²) in [6.07, 6.45) is 5.34. The van der Waals surface area contributed by atoms with E-state index < -0.39 is 7.12 Å². The van der Waals surface area contributed by atoms with Crippen LogP contribution in [0.2, 0.25) is 0 Å². The van der Waals surface area contributed by atoms with Crippen molar-refractivity contribution >= 4 is 58.3 Å². The number of imidazole rings is 1. The second-order valence-corrected chi connectivity index (χ2v) is 9.94. The molecule has 7 nitrogen and oxygen atoms in total. The Morgan fingerprint density at radius 2 is 1.73 bits per heavy atom. The zero-order valence-corrected chi connectivity index (χ0v) is 22.9. The number of halogens is 2. The predicted molar refractivity (Wildman–Crippen MR) is 152 cm³/mol. The molecule has 3 aromatic rings. The van der Waals surface area contributed by atoms with Crippen LogP contribution in [0.1, 0.15) is 43.5 Å². The number of carbonyl (C=O) groups is 1. The van der Waals surface area contributed by atoms with Crippen molar-refractivity contribution in [2.45, 2.75) is 45.1 Å². The highest BCUT2D eigenvalue weighted by molar-refractivity contribution is 6.58. The zero-order chi connectivity index (χ0) is 26.6. The normalized spacial score (nSPS) is 11.3. The van der Waals surface area contributed by atoms with Gasteiger partial charge >= 0.3 is 7.12 Å². The van der Waals surface area contributed by atoms with Crippen LogP contribution in [0.25, 0.3) is 11.0 Å². The molecule has 10 heteroatoms.